The summed E-state index contributed by atoms with van der Waals surface area (Å²) in [7, 11) is 0. The van der Waals surface area contributed by atoms with Gasteiger partial charge in [0.05, 0.1) is 23.8 Å². The summed E-state index contributed by atoms with van der Waals surface area (Å²) in [4.78, 5) is 12.6. The fourth-order valence-electron chi connectivity index (χ4n) is 3.06. The van der Waals surface area contributed by atoms with E-state index in [1.54, 1.807) is 10.9 Å². The fraction of sp³-hybridized carbons (Fsp3) is 0.286. The van der Waals surface area contributed by atoms with Crippen molar-refractivity contribution >= 4 is 37.8 Å². The zero-order valence-electron chi connectivity index (χ0n) is 16.7. The Balaban J connectivity index is 1.32. The van der Waals surface area contributed by atoms with E-state index in [0.29, 0.717) is 24.4 Å². The first kappa shape index (κ1) is 21.6. The Morgan fingerprint density at radius 2 is 2.06 bits per heavy atom. The van der Waals surface area contributed by atoms with Crippen molar-refractivity contribution < 1.29 is 19.0 Å². The normalized spacial score (nSPS) is 13.1. The van der Waals surface area contributed by atoms with Crippen LogP contribution in [-0.4, -0.2) is 33.8 Å². The molecule has 4 rings (SSSR count). The summed E-state index contributed by atoms with van der Waals surface area (Å²) in [6.07, 6.45) is 1.73. The Bertz CT molecular complexity index is 1090. The first-order chi connectivity index (χ1) is 15.0. The Labute approximate surface area is 196 Å². The van der Waals surface area contributed by atoms with E-state index in [9.17, 15) is 4.79 Å². The number of carbonyl (C=O) groups is 1. The fourth-order valence-corrected chi connectivity index (χ4v) is 4.20. The molecule has 3 aromatic rings. The van der Waals surface area contributed by atoms with Crippen LogP contribution in [-0.2, 0) is 17.9 Å². The summed E-state index contributed by atoms with van der Waals surface area (Å²) in [6.45, 7) is 2.95. The van der Waals surface area contributed by atoms with E-state index in [1.165, 1.54) is 0 Å². The van der Waals surface area contributed by atoms with Crippen LogP contribution < -0.4 is 19.5 Å². The Morgan fingerprint density at radius 3 is 2.87 bits per heavy atom. The summed E-state index contributed by atoms with van der Waals surface area (Å²) in [5.74, 6) is 1.88. The lowest BCUT2D eigenvalue weighted by Crippen LogP contribution is -2.37. The number of rotatable bonds is 8. The molecule has 1 atom stereocenters. The molecule has 1 unspecified atom stereocenters. The van der Waals surface area contributed by atoms with Gasteiger partial charge in [0.2, 0.25) is 6.79 Å². The second-order valence-corrected chi connectivity index (χ2v) is 8.67. The molecule has 1 amide bonds. The van der Waals surface area contributed by atoms with E-state index < -0.39 is 6.10 Å². The average molecular weight is 552 g/mol. The highest BCUT2D eigenvalue weighted by Gasteiger charge is 2.20. The van der Waals surface area contributed by atoms with Crippen LogP contribution in [0.1, 0.15) is 24.6 Å². The smallest absolute Gasteiger partial charge is 0.261 e. The van der Waals surface area contributed by atoms with Crippen LogP contribution in [0.25, 0.3) is 0 Å². The van der Waals surface area contributed by atoms with Crippen molar-refractivity contribution in [2.75, 3.05) is 6.79 Å². The van der Waals surface area contributed by atoms with Crippen LogP contribution >= 0.6 is 31.9 Å². The second kappa shape index (κ2) is 9.69. The maximum absolute atomic E-state index is 12.6. The standard InChI is InChI=1S/C21H20Br2N4O4/c1-2-17(31-18-6-4-14(22)8-16(18)23)21(28)24-9-15-11-27(26-25-15)10-13-3-5-19-20(7-13)30-12-29-19/h3-8,11,17H,2,9-10,12H2,1H3,(H,24,28). The largest absolute Gasteiger partial charge is 0.479 e. The summed E-state index contributed by atoms with van der Waals surface area (Å²) in [5, 5.41) is 11.1. The quantitative estimate of drug-likeness (QED) is 0.454. The van der Waals surface area contributed by atoms with Crippen molar-refractivity contribution in [1.82, 2.24) is 20.3 Å². The minimum absolute atomic E-state index is 0.206. The van der Waals surface area contributed by atoms with Gasteiger partial charge in [-0.2, -0.15) is 0 Å². The molecule has 1 aromatic heterocycles. The van der Waals surface area contributed by atoms with Gasteiger partial charge < -0.3 is 19.5 Å². The molecule has 0 bridgehead atoms. The molecule has 0 aliphatic carbocycles. The van der Waals surface area contributed by atoms with Crippen LogP contribution in [0.5, 0.6) is 17.2 Å². The third-order valence-corrected chi connectivity index (χ3v) is 5.75. The minimum atomic E-state index is -0.610. The van der Waals surface area contributed by atoms with Gasteiger partial charge in [-0.15, -0.1) is 5.10 Å². The molecule has 8 nitrogen and oxygen atoms in total. The number of carbonyl (C=O) groups excluding carboxylic acids is 1. The zero-order valence-corrected chi connectivity index (χ0v) is 19.8. The van der Waals surface area contributed by atoms with Crippen LogP contribution in [0.4, 0.5) is 0 Å². The number of amides is 1. The number of nitrogens with one attached hydrogen (secondary N) is 1. The van der Waals surface area contributed by atoms with E-state index in [2.05, 4.69) is 47.5 Å². The molecule has 0 saturated carbocycles. The van der Waals surface area contributed by atoms with Crippen molar-refractivity contribution in [2.45, 2.75) is 32.5 Å². The van der Waals surface area contributed by atoms with Crippen molar-refractivity contribution in [3.8, 4) is 17.2 Å². The van der Waals surface area contributed by atoms with Gasteiger partial charge in [0.15, 0.2) is 17.6 Å². The average Bonchev–Trinajstić information content (AvgIpc) is 3.40. The van der Waals surface area contributed by atoms with Gasteiger partial charge in [0.25, 0.3) is 5.91 Å². The van der Waals surface area contributed by atoms with E-state index in [1.807, 2.05) is 43.3 Å². The number of ether oxygens (including phenoxy) is 3. The molecule has 0 radical (unpaired) electrons. The third kappa shape index (κ3) is 5.37. The van der Waals surface area contributed by atoms with Crippen LogP contribution in [0.2, 0.25) is 0 Å². The topological polar surface area (TPSA) is 87.5 Å². The third-order valence-electron chi connectivity index (χ3n) is 4.64. The maximum Gasteiger partial charge on any atom is 0.261 e. The lowest BCUT2D eigenvalue weighted by molar-refractivity contribution is -0.128. The zero-order chi connectivity index (χ0) is 21.8. The molecule has 31 heavy (non-hydrogen) atoms. The highest BCUT2D eigenvalue weighted by atomic mass is 79.9. The Hall–Kier alpha value is -2.59. The van der Waals surface area contributed by atoms with Gasteiger partial charge in [-0.25, -0.2) is 4.68 Å². The van der Waals surface area contributed by atoms with Crippen molar-refractivity contribution in [3.63, 3.8) is 0 Å². The number of hydrogen-bond donors (Lipinski definition) is 1. The van der Waals surface area contributed by atoms with Crippen molar-refractivity contribution in [1.29, 1.82) is 0 Å². The summed E-state index contributed by atoms with van der Waals surface area (Å²) >= 11 is 6.86. The van der Waals surface area contributed by atoms with Gasteiger partial charge in [0.1, 0.15) is 11.4 Å². The van der Waals surface area contributed by atoms with Gasteiger partial charge in [0, 0.05) is 4.47 Å². The molecule has 1 aliphatic rings. The van der Waals surface area contributed by atoms with E-state index in [-0.39, 0.29) is 19.2 Å². The predicted octanol–water partition coefficient (Wildman–Crippen LogP) is 4.05. The van der Waals surface area contributed by atoms with E-state index in [4.69, 9.17) is 14.2 Å². The molecule has 1 aliphatic heterocycles. The molecular formula is C21H20Br2N4O4. The van der Waals surface area contributed by atoms with Crippen LogP contribution in [0.3, 0.4) is 0 Å². The highest BCUT2D eigenvalue weighted by Crippen LogP contribution is 2.32. The number of benzene rings is 2. The summed E-state index contributed by atoms with van der Waals surface area (Å²) in [6, 6.07) is 11.3. The van der Waals surface area contributed by atoms with Gasteiger partial charge in [-0.3, -0.25) is 4.79 Å². The molecular weight excluding hydrogens is 532 g/mol. The lowest BCUT2D eigenvalue weighted by Gasteiger charge is -2.18. The molecule has 0 fully saturated rings. The summed E-state index contributed by atoms with van der Waals surface area (Å²) < 4.78 is 20.0. The number of fused-ring (bicyclic) bond motifs is 1. The SMILES string of the molecule is CCC(Oc1ccc(Br)cc1Br)C(=O)NCc1cn(Cc2ccc3c(c2)OCO3)nn1. The molecule has 0 saturated heterocycles. The van der Waals surface area contributed by atoms with Gasteiger partial charge >= 0.3 is 0 Å². The number of nitrogens with zero attached hydrogens (tertiary/aromatic N) is 3. The molecule has 2 aromatic carbocycles. The Morgan fingerprint density at radius 1 is 1.23 bits per heavy atom. The van der Waals surface area contributed by atoms with E-state index >= 15 is 0 Å². The molecule has 2 heterocycles. The number of halogens is 2. The first-order valence-corrected chi connectivity index (χ1v) is 11.3. The number of aromatic nitrogens is 3. The Kier molecular flexibility index (Phi) is 6.77. The highest BCUT2D eigenvalue weighted by molar-refractivity contribution is 9.11. The van der Waals surface area contributed by atoms with Crippen LogP contribution in [0, 0.1) is 0 Å². The van der Waals surface area contributed by atoms with Crippen molar-refractivity contribution in [2.24, 2.45) is 0 Å². The van der Waals surface area contributed by atoms with E-state index in [0.717, 1.165) is 26.0 Å². The lowest BCUT2D eigenvalue weighted by atomic mass is 10.2. The van der Waals surface area contributed by atoms with Crippen molar-refractivity contribution in [3.05, 3.63) is 62.8 Å². The predicted molar refractivity (Wildman–Crippen MR) is 120 cm³/mol. The molecule has 1 N–H and O–H groups in total. The van der Waals surface area contributed by atoms with Gasteiger partial charge in [-0.1, -0.05) is 34.1 Å². The maximum atomic E-state index is 12.6. The first-order valence-electron chi connectivity index (χ1n) is 9.68. The second-order valence-electron chi connectivity index (χ2n) is 6.90. The molecule has 10 heteroatoms. The minimum Gasteiger partial charge on any atom is -0.479 e. The monoisotopic (exact) mass is 550 g/mol. The van der Waals surface area contributed by atoms with Gasteiger partial charge in [-0.05, 0) is 58.2 Å². The number of hydrogen-bond acceptors (Lipinski definition) is 6. The summed E-state index contributed by atoms with van der Waals surface area (Å²) in [5.41, 5.74) is 1.68. The molecule has 0 spiro atoms. The van der Waals surface area contributed by atoms with Crippen LogP contribution in [0.15, 0.2) is 51.5 Å². The molecule has 162 valence electrons.